The molecule has 0 aliphatic carbocycles. The molecule has 2 amide bonds. The number of benzene rings is 1. The van der Waals surface area contributed by atoms with Crippen LogP contribution in [0.5, 0.6) is 0 Å². The van der Waals surface area contributed by atoms with Crippen molar-refractivity contribution in [3.63, 3.8) is 0 Å². The zero-order valence-corrected chi connectivity index (χ0v) is 23.2. The van der Waals surface area contributed by atoms with Crippen molar-refractivity contribution in [2.75, 3.05) is 20.7 Å². The van der Waals surface area contributed by atoms with Gasteiger partial charge in [-0.3, -0.25) is 9.59 Å². The molecule has 0 heterocycles. The molecular weight excluding hydrogens is 442 g/mol. The maximum Gasteiger partial charge on any atom is 0.333 e. The minimum Gasteiger partial charge on any atom is -0.463 e. The van der Waals surface area contributed by atoms with Crippen molar-refractivity contribution in [2.45, 2.75) is 85.4 Å². The lowest BCUT2D eigenvalue weighted by molar-refractivity contribution is -0.140. The first-order valence-corrected chi connectivity index (χ1v) is 12.4. The summed E-state index contributed by atoms with van der Waals surface area (Å²) in [6.07, 6.45) is 2.37. The normalized spacial score (nSPS) is 15.1. The maximum absolute atomic E-state index is 13.7. The molecule has 3 unspecified atom stereocenters. The fourth-order valence-corrected chi connectivity index (χ4v) is 4.20. The summed E-state index contributed by atoms with van der Waals surface area (Å²) in [5.74, 6) is -0.847. The molecule has 196 valence electrons. The first kappa shape index (κ1) is 30.4. The Morgan fingerprint density at radius 2 is 1.60 bits per heavy atom. The van der Waals surface area contributed by atoms with Gasteiger partial charge in [-0.2, -0.15) is 0 Å². The molecule has 35 heavy (non-hydrogen) atoms. The van der Waals surface area contributed by atoms with Crippen molar-refractivity contribution < 1.29 is 19.1 Å². The van der Waals surface area contributed by atoms with Gasteiger partial charge in [0.2, 0.25) is 11.8 Å². The van der Waals surface area contributed by atoms with Crippen molar-refractivity contribution in [1.82, 2.24) is 15.5 Å². The second-order valence-corrected chi connectivity index (χ2v) is 10.6. The van der Waals surface area contributed by atoms with Crippen LogP contribution in [0.2, 0.25) is 0 Å². The Kier molecular flexibility index (Phi) is 11.2. The number of nitrogens with zero attached hydrogens (tertiary/aromatic N) is 1. The lowest BCUT2D eigenvalue weighted by Gasteiger charge is -2.39. The third-order valence-electron chi connectivity index (χ3n) is 6.49. The summed E-state index contributed by atoms with van der Waals surface area (Å²) in [5, 5.41) is 6.19. The van der Waals surface area contributed by atoms with Crippen LogP contribution in [0.4, 0.5) is 0 Å². The van der Waals surface area contributed by atoms with E-state index in [-0.39, 0.29) is 17.9 Å². The summed E-state index contributed by atoms with van der Waals surface area (Å²) in [4.78, 5) is 40.9. The first-order chi connectivity index (χ1) is 16.2. The Morgan fingerprint density at radius 3 is 2.06 bits per heavy atom. The quantitative estimate of drug-likeness (QED) is 0.366. The van der Waals surface area contributed by atoms with Crippen LogP contribution < -0.4 is 10.6 Å². The van der Waals surface area contributed by atoms with E-state index >= 15 is 0 Å². The molecule has 7 heteroatoms. The van der Waals surface area contributed by atoms with Gasteiger partial charge in [0, 0.05) is 18.0 Å². The number of rotatable bonds is 11. The smallest absolute Gasteiger partial charge is 0.333 e. The summed E-state index contributed by atoms with van der Waals surface area (Å²) in [6, 6.07) is 8.23. The average molecular weight is 488 g/mol. The maximum atomic E-state index is 13.7. The van der Waals surface area contributed by atoms with Crippen LogP contribution in [0.3, 0.4) is 0 Å². The molecule has 2 N–H and O–H groups in total. The van der Waals surface area contributed by atoms with E-state index in [9.17, 15) is 14.4 Å². The molecule has 0 radical (unpaired) electrons. The highest BCUT2D eigenvalue weighted by atomic mass is 16.5. The Hall–Kier alpha value is -2.67. The summed E-state index contributed by atoms with van der Waals surface area (Å²) in [7, 11) is 3.46. The van der Waals surface area contributed by atoms with Crippen LogP contribution in [-0.4, -0.2) is 61.5 Å². The Labute approximate surface area is 211 Å². The fourth-order valence-electron chi connectivity index (χ4n) is 4.20. The van der Waals surface area contributed by atoms with Crippen molar-refractivity contribution in [1.29, 1.82) is 0 Å². The van der Waals surface area contributed by atoms with E-state index < -0.39 is 28.9 Å². The van der Waals surface area contributed by atoms with E-state index in [1.807, 2.05) is 71.9 Å². The zero-order valence-electron chi connectivity index (χ0n) is 23.2. The van der Waals surface area contributed by atoms with E-state index in [1.54, 1.807) is 38.9 Å². The summed E-state index contributed by atoms with van der Waals surface area (Å²) in [6.45, 7) is 15.5. The monoisotopic (exact) mass is 487 g/mol. The molecule has 0 fully saturated rings. The number of likely N-dealkylation sites (N-methyl/N-ethyl adjacent to an activating group) is 2. The molecule has 0 saturated carbocycles. The van der Waals surface area contributed by atoms with Crippen molar-refractivity contribution in [3.8, 4) is 0 Å². The molecule has 0 saturated heterocycles. The van der Waals surface area contributed by atoms with Gasteiger partial charge in [-0.05, 0) is 38.3 Å². The number of carbonyl (C=O) groups excluding carboxylic acids is 3. The molecule has 1 aromatic rings. The number of carbonyl (C=O) groups is 3. The summed E-state index contributed by atoms with van der Waals surface area (Å²) < 4.78 is 5.08. The van der Waals surface area contributed by atoms with Gasteiger partial charge in [-0.1, -0.05) is 78.0 Å². The molecule has 0 aromatic heterocycles. The van der Waals surface area contributed by atoms with Crippen molar-refractivity contribution in [3.05, 3.63) is 47.5 Å². The van der Waals surface area contributed by atoms with Gasteiger partial charge < -0.3 is 20.3 Å². The number of hydrogen-bond donors (Lipinski definition) is 2. The molecule has 0 spiro atoms. The minimum atomic E-state index is -0.757. The fraction of sp³-hybridized carbons (Fsp3) is 0.607. The second kappa shape index (κ2) is 12.9. The Balaban J connectivity index is 3.21. The van der Waals surface area contributed by atoms with Crippen molar-refractivity contribution in [2.24, 2.45) is 5.41 Å². The molecule has 1 aromatic carbocycles. The number of hydrogen-bond acceptors (Lipinski definition) is 5. The molecule has 1 rings (SSSR count). The minimum absolute atomic E-state index is 0.210. The number of ether oxygens (including phenoxy) is 1. The highest BCUT2D eigenvalue weighted by Gasteiger charge is 2.41. The SMILES string of the molecule is CCOC(=O)/C(C)=C/C(CC)N(C)C(=O)C(NC(=O)C(NC)C(C)(C)c1ccccc1)C(C)(C)C. The molecule has 0 aliphatic heterocycles. The van der Waals surface area contributed by atoms with Gasteiger partial charge in [0.25, 0.3) is 0 Å². The first-order valence-electron chi connectivity index (χ1n) is 12.4. The van der Waals surface area contributed by atoms with E-state index in [1.165, 1.54) is 0 Å². The van der Waals surface area contributed by atoms with Crippen LogP contribution >= 0.6 is 0 Å². The Morgan fingerprint density at radius 1 is 1.03 bits per heavy atom. The number of nitrogens with one attached hydrogen (secondary N) is 2. The van der Waals surface area contributed by atoms with E-state index in [2.05, 4.69) is 10.6 Å². The van der Waals surface area contributed by atoms with E-state index in [0.717, 1.165) is 5.56 Å². The second-order valence-electron chi connectivity index (χ2n) is 10.6. The molecule has 7 nitrogen and oxygen atoms in total. The Bertz CT molecular complexity index is 887. The van der Waals surface area contributed by atoms with Gasteiger partial charge in [0.1, 0.15) is 6.04 Å². The largest absolute Gasteiger partial charge is 0.463 e. The van der Waals surface area contributed by atoms with Gasteiger partial charge in [-0.15, -0.1) is 0 Å². The van der Waals surface area contributed by atoms with Crippen LogP contribution in [-0.2, 0) is 24.5 Å². The van der Waals surface area contributed by atoms with Crippen LogP contribution in [0.1, 0.15) is 67.4 Å². The topological polar surface area (TPSA) is 87.7 Å². The third-order valence-corrected chi connectivity index (χ3v) is 6.49. The third kappa shape index (κ3) is 7.92. The number of esters is 1. The highest BCUT2D eigenvalue weighted by molar-refractivity contribution is 5.92. The van der Waals surface area contributed by atoms with Gasteiger partial charge >= 0.3 is 5.97 Å². The molecule has 0 bridgehead atoms. The molecule has 0 aliphatic rings. The standard InChI is InChI=1S/C28H45N3O4/c1-11-21(18-19(3)26(34)35-12-2)31(10)25(33)23(27(4,5)6)30-24(32)22(29-9)28(7,8)20-16-14-13-15-17-20/h13-18,21-23,29H,11-12H2,1-10H3,(H,30,32)/b19-18+. The predicted octanol–water partition coefficient (Wildman–Crippen LogP) is 3.83. The summed E-state index contributed by atoms with van der Waals surface area (Å²) >= 11 is 0. The molecule has 3 atom stereocenters. The van der Waals surface area contributed by atoms with E-state index in [4.69, 9.17) is 4.74 Å². The van der Waals surface area contributed by atoms with Gasteiger partial charge in [-0.25, -0.2) is 4.79 Å². The van der Waals surface area contributed by atoms with E-state index in [0.29, 0.717) is 18.6 Å². The zero-order chi connectivity index (χ0) is 27.0. The van der Waals surface area contributed by atoms with Crippen LogP contribution in [0.25, 0.3) is 0 Å². The highest BCUT2D eigenvalue weighted by Crippen LogP contribution is 2.28. The number of amides is 2. The van der Waals surface area contributed by atoms with Gasteiger partial charge in [0.05, 0.1) is 18.7 Å². The van der Waals surface area contributed by atoms with Crippen LogP contribution in [0, 0.1) is 5.41 Å². The molecular formula is C28H45N3O4. The lowest BCUT2D eigenvalue weighted by Crippen LogP contribution is -2.61. The predicted molar refractivity (Wildman–Crippen MR) is 141 cm³/mol. The lowest BCUT2D eigenvalue weighted by atomic mass is 9.76. The van der Waals surface area contributed by atoms with Gasteiger partial charge in [0.15, 0.2) is 0 Å². The summed E-state index contributed by atoms with van der Waals surface area (Å²) in [5.41, 5.74) is 0.433. The average Bonchev–Trinajstić information content (AvgIpc) is 2.80. The van der Waals surface area contributed by atoms with Crippen LogP contribution in [0.15, 0.2) is 42.0 Å². The van der Waals surface area contributed by atoms with Crippen molar-refractivity contribution >= 4 is 17.8 Å².